The van der Waals surface area contributed by atoms with Crippen LogP contribution in [0.25, 0.3) is 0 Å². The van der Waals surface area contributed by atoms with Crippen molar-refractivity contribution in [3.05, 3.63) is 27.2 Å². The first-order chi connectivity index (χ1) is 7.78. The van der Waals surface area contributed by atoms with Crippen LogP contribution in [0.4, 0.5) is 0 Å². The quantitative estimate of drug-likeness (QED) is 0.781. The molecular formula is C9H9ClN2OS3. The highest BCUT2D eigenvalue weighted by Gasteiger charge is 2.07. The Morgan fingerprint density at radius 3 is 2.94 bits per heavy atom. The Kier molecular flexibility index (Phi) is 4.57. The summed E-state index contributed by atoms with van der Waals surface area (Å²) < 4.78 is 6.25. The largest absolute Gasteiger partial charge is 0.415 e. The van der Waals surface area contributed by atoms with E-state index < -0.39 is 0 Å². The Morgan fingerprint density at radius 1 is 1.38 bits per heavy atom. The molecule has 0 saturated heterocycles. The smallest absolute Gasteiger partial charge is 0.276 e. The van der Waals surface area contributed by atoms with Gasteiger partial charge in [0.1, 0.15) is 0 Å². The SMILES string of the molecule is CSCc1nnc(SCc2ccc(Cl)s2)o1. The van der Waals surface area contributed by atoms with Gasteiger partial charge in [-0.05, 0) is 18.4 Å². The van der Waals surface area contributed by atoms with Gasteiger partial charge in [0, 0.05) is 10.6 Å². The van der Waals surface area contributed by atoms with Gasteiger partial charge in [0.25, 0.3) is 5.22 Å². The van der Waals surface area contributed by atoms with Crippen molar-refractivity contribution in [3.63, 3.8) is 0 Å². The molecular weight excluding hydrogens is 284 g/mol. The number of nitrogens with zero attached hydrogens (tertiary/aromatic N) is 2. The second kappa shape index (κ2) is 5.95. The van der Waals surface area contributed by atoms with Gasteiger partial charge in [0.2, 0.25) is 5.89 Å². The Labute approximate surface area is 111 Å². The van der Waals surface area contributed by atoms with Gasteiger partial charge in [0.05, 0.1) is 10.1 Å². The predicted molar refractivity (Wildman–Crippen MR) is 70.4 cm³/mol. The van der Waals surface area contributed by atoms with E-state index in [1.807, 2.05) is 18.4 Å². The van der Waals surface area contributed by atoms with Gasteiger partial charge in [-0.3, -0.25) is 0 Å². The fourth-order valence-electron chi connectivity index (χ4n) is 1.04. The molecule has 0 bridgehead atoms. The summed E-state index contributed by atoms with van der Waals surface area (Å²) in [7, 11) is 0. The second-order valence-corrected chi connectivity index (χ2v) is 6.48. The standard InChI is InChI=1S/C9H9ClN2OS3/c1-14-5-8-11-12-9(13-8)15-4-6-2-3-7(10)16-6/h2-3H,4-5H2,1H3. The molecule has 0 amide bonds. The van der Waals surface area contributed by atoms with Crippen LogP contribution in [0.15, 0.2) is 21.8 Å². The molecule has 0 aliphatic carbocycles. The molecule has 0 radical (unpaired) electrons. The average Bonchev–Trinajstić information content (AvgIpc) is 2.85. The molecule has 16 heavy (non-hydrogen) atoms. The second-order valence-electron chi connectivity index (χ2n) is 2.89. The molecule has 0 N–H and O–H groups in total. The number of hydrogen-bond donors (Lipinski definition) is 0. The lowest BCUT2D eigenvalue weighted by Gasteiger charge is -1.92. The monoisotopic (exact) mass is 292 g/mol. The van der Waals surface area contributed by atoms with E-state index in [0.29, 0.717) is 11.1 Å². The van der Waals surface area contributed by atoms with Crippen LogP contribution < -0.4 is 0 Å². The number of aromatic nitrogens is 2. The van der Waals surface area contributed by atoms with Crippen molar-refractivity contribution in [2.45, 2.75) is 16.7 Å². The van der Waals surface area contributed by atoms with E-state index >= 15 is 0 Å². The summed E-state index contributed by atoms with van der Waals surface area (Å²) in [6, 6.07) is 3.91. The summed E-state index contributed by atoms with van der Waals surface area (Å²) in [4.78, 5) is 1.21. The molecule has 0 atom stereocenters. The highest BCUT2D eigenvalue weighted by Crippen LogP contribution is 2.28. The topological polar surface area (TPSA) is 38.9 Å². The van der Waals surface area contributed by atoms with Crippen LogP contribution in [0, 0.1) is 0 Å². The lowest BCUT2D eigenvalue weighted by atomic mass is 10.5. The van der Waals surface area contributed by atoms with Gasteiger partial charge in [-0.15, -0.1) is 21.5 Å². The summed E-state index contributed by atoms with van der Waals surface area (Å²) in [5, 5.41) is 8.52. The van der Waals surface area contributed by atoms with E-state index in [2.05, 4.69) is 10.2 Å². The van der Waals surface area contributed by atoms with Gasteiger partial charge in [0.15, 0.2) is 0 Å². The zero-order valence-corrected chi connectivity index (χ0v) is 11.7. The molecule has 2 rings (SSSR count). The minimum Gasteiger partial charge on any atom is -0.415 e. The Balaban J connectivity index is 1.89. The van der Waals surface area contributed by atoms with Gasteiger partial charge in [-0.25, -0.2) is 0 Å². The molecule has 0 saturated carbocycles. The van der Waals surface area contributed by atoms with Crippen molar-refractivity contribution >= 4 is 46.5 Å². The van der Waals surface area contributed by atoms with E-state index in [1.165, 1.54) is 16.6 Å². The van der Waals surface area contributed by atoms with Crippen LogP contribution >= 0.6 is 46.5 Å². The van der Waals surface area contributed by atoms with Crippen molar-refractivity contribution in [3.8, 4) is 0 Å². The molecule has 0 aliphatic rings. The highest BCUT2D eigenvalue weighted by atomic mass is 35.5. The summed E-state index contributed by atoms with van der Waals surface area (Å²) in [5.41, 5.74) is 0. The van der Waals surface area contributed by atoms with Crippen molar-refractivity contribution in [1.82, 2.24) is 10.2 Å². The molecule has 2 heterocycles. The third-order valence-corrected chi connectivity index (χ3v) is 4.50. The maximum Gasteiger partial charge on any atom is 0.276 e. The van der Waals surface area contributed by atoms with Crippen LogP contribution in [-0.4, -0.2) is 16.5 Å². The number of thiophene rings is 1. The molecule has 3 nitrogen and oxygen atoms in total. The number of halogens is 1. The molecule has 0 unspecified atom stereocenters. The zero-order valence-electron chi connectivity index (χ0n) is 8.47. The Morgan fingerprint density at radius 2 is 2.25 bits per heavy atom. The van der Waals surface area contributed by atoms with E-state index in [0.717, 1.165) is 15.8 Å². The van der Waals surface area contributed by atoms with Crippen molar-refractivity contribution in [1.29, 1.82) is 0 Å². The van der Waals surface area contributed by atoms with Gasteiger partial charge < -0.3 is 4.42 Å². The molecule has 86 valence electrons. The van der Waals surface area contributed by atoms with Crippen LogP contribution in [0.1, 0.15) is 10.8 Å². The number of hydrogen-bond acceptors (Lipinski definition) is 6. The van der Waals surface area contributed by atoms with Crippen molar-refractivity contribution in [2.24, 2.45) is 0 Å². The summed E-state index contributed by atoms with van der Waals surface area (Å²) in [6.07, 6.45) is 2.00. The number of thioether (sulfide) groups is 2. The number of rotatable bonds is 5. The van der Waals surface area contributed by atoms with Crippen LogP contribution in [0.2, 0.25) is 4.34 Å². The maximum atomic E-state index is 5.84. The minimum atomic E-state index is 0.619. The van der Waals surface area contributed by atoms with Crippen molar-refractivity contribution in [2.75, 3.05) is 6.26 Å². The van der Waals surface area contributed by atoms with Gasteiger partial charge in [-0.1, -0.05) is 23.4 Å². The summed E-state index contributed by atoms with van der Waals surface area (Å²) >= 11 is 10.6. The molecule has 0 spiro atoms. The average molecular weight is 293 g/mol. The first-order valence-electron chi connectivity index (χ1n) is 4.46. The zero-order chi connectivity index (χ0) is 11.4. The lowest BCUT2D eigenvalue weighted by molar-refractivity contribution is 0.426. The van der Waals surface area contributed by atoms with Gasteiger partial charge in [-0.2, -0.15) is 11.8 Å². The molecule has 0 aromatic carbocycles. The molecule has 7 heteroatoms. The molecule has 0 aliphatic heterocycles. The first-order valence-corrected chi connectivity index (χ1v) is 8.03. The third-order valence-electron chi connectivity index (χ3n) is 1.68. The first kappa shape index (κ1) is 12.3. The van der Waals surface area contributed by atoms with Gasteiger partial charge >= 0.3 is 0 Å². The predicted octanol–water partition coefficient (Wildman–Crippen LogP) is 3.94. The maximum absolute atomic E-state index is 5.84. The van der Waals surface area contributed by atoms with Crippen LogP contribution in [0.5, 0.6) is 0 Å². The van der Waals surface area contributed by atoms with E-state index in [1.54, 1.807) is 23.1 Å². The van der Waals surface area contributed by atoms with Crippen LogP contribution in [-0.2, 0) is 11.5 Å². The van der Waals surface area contributed by atoms with Crippen molar-refractivity contribution < 1.29 is 4.42 Å². The fourth-order valence-corrected chi connectivity index (χ4v) is 3.32. The molecule has 2 aromatic heterocycles. The van der Waals surface area contributed by atoms with E-state index in [-0.39, 0.29) is 0 Å². The molecule has 0 fully saturated rings. The highest BCUT2D eigenvalue weighted by molar-refractivity contribution is 7.98. The normalized spacial score (nSPS) is 10.9. The van der Waals surface area contributed by atoms with Crippen LogP contribution in [0.3, 0.4) is 0 Å². The summed E-state index contributed by atoms with van der Waals surface area (Å²) in [6.45, 7) is 0. The Hall–Kier alpha value is -0.170. The van der Waals surface area contributed by atoms with E-state index in [4.69, 9.17) is 16.0 Å². The fraction of sp³-hybridized carbons (Fsp3) is 0.333. The van der Waals surface area contributed by atoms with E-state index in [9.17, 15) is 0 Å². The Bertz CT molecular complexity index is 457. The molecule has 2 aromatic rings. The minimum absolute atomic E-state index is 0.619. The lowest BCUT2D eigenvalue weighted by Crippen LogP contribution is -1.77. The third kappa shape index (κ3) is 3.41. The summed E-state index contributed by atoms with van der Waals surface area (Å²) in [5.74, 6) is 2.26.